The molecule has 0 radical (unpaired) electrons. The molecule has 3 heteroatoms. The monoisotopic (exact) mass is 226 g/mol. The largest absolute Gasteiger partial charge is 0.493 e. The van der Waals surface area contributed by atoms with E-state index in [4.69, 9.17) is 4.74 Å². The molecule has 0 atom stereocenters. The fraction of sp³-hybridized carbons (Fsp3) is 0.455. The molecule has 1 aromatic rings. The summed E-state index contributed by atoms with van der Waals surface area (Å²) in [4.78, 5) is 2.71. The van der Waals surface area contributed by atoms with E-state index >= 15 is 0 Å². The highest BCUT2D eigenvalue weighted by molar-refractivity contribution is 8.01. The number of ether oxygens (including phenoxy) is 1. The van der Waals surface area contributed by atoms with Crippen LogP contribution in [0.25, 0.3) is 0 Å². The highest BCUT2D eigenvalue weighted by Crippen LogP contribution is 2.36. The average molecular weight is 226 g/mol. The normalized spacial score (nSPS) is 14.7. The van der Waals surface area contributed by atoms with Gasteiger partial charge in [-0.15, -0.1) is 23.5 Å². The third-order valence-electron chi connectivity index (χ3n) is 2.41. The Balaban J connectivity index is 2.43. The maximum absolute atomic E-state index is 5.64. The van der Waals surface area contributed by atoms with Crippen molar-refractivity contribution in [3.8, 4) is 5.75 Å². The molecule has 0 saturated heterocycles. The number of aryl methyl sites for hydroxylation is 1. The number of thioether (sulfide) groups is 2. The number of hydrogen-bond acceptors (Lipinski definition) is 3. The molecule has 2 rings (SSSR count). The Hall–Kier alpha value is -0.280. The van der Waals surface area contributed by atoms with Crippen molar-refractivity contribution in [2.75, 3.05) is 19.1 Å². The molecular weight excluding hydrogens is 212 g/mol. The van der Waals surface area contributed by atoms with Crippen LogP contribution in [0.1, 0.15) is 12.0 Å². The first kappa shape index (κ1) is 10.2. The van der Waals surface area contributed by atoms with Crippen molar-refractivity contribution in [3.63, 3.8) is 0 Å². The number of benzene rings is 1. The summed E-state index contributed by atoms with van der Waals surface area (Å²) in [7, 11) is 0. The van der Waals surface area contributed by atoms with E-state index < -0.39 is 0 Å². The van der Waals surface area contributed by atoms with E-state index in [1.165, 1.54) is 15.4 Å². The lowest BCUT2D eigenvalue weighted by molar-refractivity contribution is 0.287. The van der Waals surface area contributed by atoms with Crippen molar-refractivity contribution in [2.24, 2.45) is 0 Å². The molecule has 0 N–H and O–H groups in total. The molecule has 0 aliphatic carbocycles. The van der Waals surface area contributed by atoms with E-state index in [1.807, 2.05) is 11.8 Å². The van der Waals surface area contributed by atoms with Crippen LogP contribution in [0.15, 0.2) is 21.9 Å². The maximum atomic E-state index is 5.64. The highest BCUT2D eigenvalue weighted by atomic mass is 32.2. The molecule has 0 bridgehead atoms. The standard InChI is InChI=1S/C11H14OS2/c1-13-10-6-8-4-3-5-12-9(8)7-11(10)14-2/h6-7H,3-5H2,1-2H3. The van der Waals surface area contributed by atoms with Crippen LogP contribution in [0, 0.1) is 0 Å². The third-order valence-corrected chi connectivity index (χ3v) is 4.10. The molecule has 0 spiro atoms. The molecular formula is C11H14OS2. The fourth-order valence-corrected chi connectivity index (χ4v) is 3.18. The first-order valence-corrected chi connectivity index (χ1v) is 7.18. The van der Waals surface area contributed by atoms with Gasteiger partial charge in [-0.2, -0.15) is 0 Å². The van der Waals surface area contributed by atoms with Gasteiger partial charge in [0.05, 0.1) is 6.61 Å². The topological polar surface area (TPSA) is 9.23 Å². The quantitative estimate of drug-likeness (QED) is 0.715. The van der Waals surface area contributed by atoms with Crippen LogP contribution in [0.5, 0.6) is 5.75 Å². The summed E-state index contributed by atoms with van der Waals surface area (Å²) in [5, 5.41) is 0. The summed E-state index contributed by atoms with van der Waals surface area (Å²) in [6, 6.07) is 4.47. The second kappa shape index (κ2) is 4.49. The Morgan fingerprint density at radius 3 is 2.57 bits per heavy atom. The fourth-order valence-electron chi connectivity index (χ4n) is 1.68. The maximum Gasteiger partial charge on any atom is 0.123 e. The van der Waals surface area contributed by atoms with Crippen molar-refractivity contribution in [1.82, 2.24) is 0 Å². The minimum atomic E-state index is 0.874. The molecule has 0 amide bonds. The van der Waals surface area contributed by atoms with Gasteiger partial charge in [0.1, 0.15) is 5.75 Å². The zero-order chi connectivity index (χ0) is 9.97. The lowest BCUT2D eigenvalue weighted by atomic mass is 10.1. The van der Waals surface area contributed by atoms with Crippen LogP contribution in [0.4, 0.5) is 0 Å². The van der Waals surface area contributed by atoms with E-state index in [1.54, 1.807) is 11.8 Å². The summed E-state index contributed by atoms with van der Waals surface area (Å²) in [6.45, 7) is 0.874. The predicted molar refractivity (Wildman–Crippen MR) is 63.8 cm³/mol. The van der Waals surface area contributed by atoms with E-state index in [0.717, 1.165) is 25.2 Å². The van der Waals surface area contributed by atoms with Gasteiger partial charge < -0.3 is 4.74 Å². The van der Waals surface area contributed by atoms with Crippen molar-refractivity contribution in [1.29, 1.82) is 0 Å². The SMILES string of the molecule is CSc1cc2c(cc1SC)OCCC2. The molecule has 76 valence electrons. The van der Waals surface area contributed by atoms with Gasteiger partial charge in [0, 0.05) is 9.79 Å². The van der Waals surface area contributed by atoms with Gasteiger partial charge in [0.2, 0.25) is 0 Å². The van der Waals surface area contributed by atoms with E-state index in [9.17, 15) is 0 Å². The van der Waals surface area contributed by atoms with Gasteiger partial charge >= 0.3 is 0 Å². The molecule has 1 aliphatic heterocycles. The highest BCUT2D eigenvalue weighted by Gasteiger charge is 2.13. The zero-order valence-corrected chi connectivity index (χ0v) is 10.1. The Morgan fingerprint density at radius 2 is 1.86 bits per heavy atom. The number of fused-ring (bicyclic) bond motifs is 1. The zero-order valence-electron chi connectivity index (χ0n) is 8.50. The van der Waals surface area contributed by atoms with Gasteiger partial charge in [0.25, 0.3) is 0 Å². The van der Waals surface area contributed by atoms with Crippen LogP contribution < -0.4 is 4.74 Å². The third kappa shape index (κ3) is 1.89. The Labute approximate surface area is 93.6 Å². The molecule has 1 nitrogen and oxygen atoms in total. The Bertz CT molecular complexity index is 292. The molecule has 0 saturated carbocycles. The number of rotatable bonds is 2. The molecule has 0 aromatic heterocycles. The van der Waals surface area contributed by atoms with Crippen molar-refractivity contribution in [3.05, 3.63) is 17.7 Å². The van der Waals surface area contributed by atoms with Crippen molar-refractivity contribution >= 4 is 23.5 Å². The first-order valence-electron chi connectivity index (χ1n) is 4.73. The van der Waals surface area contributed by atoms with E-state index in [2.05, 4.69) is 24.6 Å². The van der Waals surface area contributed by atoms with Crippen molar-refractivity contribution in [2.45, 2.75) is 22.6 Å². The Kier molecular flexibility index (Phi) is 3.29. The summed E-state index contributed by atoms with van der Waals surface area (Å²) >= 11 is 3.61. The van der Waals surface area contributed by atoms with Gasteiger partial charge in [-0.25, -0.2) is 0 Å². The lowest BCUT2D eigenvalue weighted by Crippen LogP contribution is -2.08. The molecule has 0 unspecified atom stereocenters. The van der Waals surface area contributed by atoms with Crippen LogP contribution in [-0.4, -0.2) is 19.1 Å². The van der Waals surface area contributed by atoms with Gasteiger partial charge in [0.15, 0.2) is 0 Å². The van der Waals surface area contributed by atoms with Crippen molar-refractivity contribution < 1.29 is 4.74 Å². The van der Waals surface area contributed by atoms with Gasteiger partial charge in [-0.1, -0.05) is 0 Å². The molecule has 1 aromatic carbocycles. The van der Waals surface area contributed by atoms with Crippen LogP contribution >= 0.6 is 23.5 Å². The minimum absolute atomic E-state index is 0.874. The molecule has 14 heavy (non-hydrogen) atoms. The van der Waals surface area contributed by atoms with Crippen LogP contribution in [0.3, 0.4) is 0 Å². The number of hydrogen-bond donors (Lipinski definition) is 0. The Morgan fingerprint density at radius 1 is 1.14 bits per heavy atom. The van der Waals surface area contributed by atoms with Gasteiger partial charge in [-0.05, 0) is 43.0 Å². The summed E-state index contributed by atoms with van der Waals surface area (Å²) in [6.07, 6.45) is 6.56. The summed E-state index contributed by atoms with van der Waals surface area (Å²) in [5.41, 5.74) is 1.37. The lowest BCUT2D eigenvalue weighted by Gasteiger charge is -2.19. The second-order valence-corrected chi connectivity index (χ2v) is 4.96. The van der Waals surface area contributed by atoms with Crippen LogP contribution in [-0.2, 0) is 6.42 Å². The molecule has 1 heterocycles. The summed E-state index contributed by atoms with van der Waals surface area (Å²) in [5.74, 6) is 1.10. The second-order valence-electron chi connectivity index (χ2n) is 3.27. The predicted octanol–water partition coefficient (Wildman–Crippen LogP) is 3.46. The van der Waals surface area contributed by atoms with E-state index in [0.29, 0.717) is 0 Å². The average Bonchev–Trinajstić information content (AvgIpc) is 2.27. The van der Waals surface area contributed by atoms with E-state index in [-0.39, 0.29) is 0 Å². The molecule has 0 fully saturated rings. The molecule has 1 aliphatic rings. The van der Waals surface area contributed by atoms with Gasteiger partial charge in [-0.3, -0.25) is 0 Å². The minimum Gasteiger partial charge on any atom is -0.493 e. The summed E-state index contributed by atoms with van der Waals surface area (Å²) < 4.78 is 5.64. The first-order chi connectivity index (χ1) is 6.85. The smallest absolute Gasteiger partial charge is 0.123 e. The van der Waals surface area contributed by atoms with Crippen LogP contribution in [0.2, 0.25) is 0 Å².